The van der Waals surface area contributed by atoms with E-state index in [1.165, 1.54) is 6.07 Å². The zero-order valence-corrected chi connectivity index (χ0v) is 10.2. The Hall–Kier alpha value is 0.0200. The summed E-state index contributed by atoms with van der Waals surface area (Å²) in [5.41, 5.74) is -2.47. The molecule has 1 aromatic carbocycles. The predicted octanol–water partition coefficient (Wildman–Crippen LogP) is -2.63. The van der Waals surface area contributed by atoms with Gasteiger partial charge in [-0.25, -0.2) is 12.8 Å². The zero-order valence-electron chi connectivity index (χ0n) is 7.34. The van der Waals surface area contributed by atoms with Crippen molar-refractivity contribution in [1.82, 2.24) is 0 Å². The van der Waals surface area contributed by atoms with Crippen LogP contribution in [0.4, 0.5) is 4.39 Å². The van der Waals surface area contributed by atoms with E-state index >= 15 is 0 Å². The van der Waals surface area contributed by atoms with Gasteiger partial charge < -0.3 is 9.66 Å². The summed E-state index contributed by atoms with van der Waals surface area (Å²) in [5.74, 6) is -0.708. The van der Waals surface area contributed by atoms with E-state index in [1.54, 1.807) is 0 Å². The molecule has 0 saturated carbocycles. The van der Waals surface area contributed by atoms with Crippen LogP contribution in [0.3, 0.4) is 0 Å². The number of aliphatic hydroxyl groups excluding tert-OH is 1. The third-order valence-corrected chi connectivity index (χ3v) is 2.23. The van der Waals surface area contributed by atoms with Gasteiger partial charge in [0.15, 0.2) is 5.44 Å². The molecule has 0 aliphatic rings. The minimum absolute atomic E-state index is 0. The molecule has 4 nitrogen and oxygen atoms in total. The molecule has 0 bridgehead atoms. The van der Waals surface area contributed by atoms with Crippen LogP contribution in [0.2, 0.25) is 0 Å². The molecule has 1 N–H and O–H groups in total. The molecule has 0 aromatic heterocycles. The molecule has 1 atom stereocenters. The van der Waals surface area contributed by atoms with Crippen molar-refractivity contribution in [3.05, 3.63) is 35.6 Å². The van der Waals surface area contributed by atoms with Crippen molar-refractivity contribution < 1.29 is 52.0 Å². The second-order valence-corrected chi connectivity index (χ2v) is 3.83. The normalized spacial score (nSPS) is 13.1. The van der Waals surface area contributed by atoms with Gasteiger partial charge >= 0.3 is 29.6 Å². The van der Waals surface area contributed by atoms with Crippen molar-refractivity contribution in [3.8, 4) is 0 Å². The Labute approximate surface area is 103 Å². The monoisotopic (exact) mass is 228 g/mol. The van der Waals surface area contributed by atoms with Crippen LogP contribution < -0.4 is 29.6 Å². The molecular weight excluding hydrogens is 222 g/mol. The molecule has 7 heteroatoms. The Morgan fingerprint density at radius 1 is 1.43 bits per heavy atom. The first-order valence-electron chi connectivity index (χ1n) is 3.29. The van der Waals surface area contributed by atoms with Crippen molar-refractivity contribution >= 4 is 10.1 Å². The van der Waals surface area contributed by atoms with Gasteiger partial charge in [0.25, 0.3) is 0 Å². The topological polar surface area (TPSA) is 77.4 Å². The van der Waals surface area contributed by atoms with Gasteiger partial charge in [-0.15, -0.1) is 0 Å². The quantitative estimate of drug-likeness (QED) is 0.443. The van der Waals surface area contributed by atoms with E-state index in [0.29, 0.717) is 0 Å². The SMILES string of the molecule is O=S(=O)([O-])C(O)c1cccc(F)c1.[Na+]. The summed E-state index contributed by atoms with van der Waals surface area (Å²) < 4.78 is 43.5. The van der Waals surface area contributed by atoms with E-state index in [9.17, 15) is 17.4 Å². The van der Waals surface area contributed by atoms with E-state index in [2.05, 4.69) is 0 Å². The fraction of sp³-hybridized carbons (Fsp3) is 0.143. The van der Waals surface area contributed by atoms with Crippen molar-refractivity contribution in [2.45, 2.75) is 5.44 Å². The van der Waals surface area contributed by atoms with E-state index in [4.69, 9.17) is 5.11 Å². The van der Waals surface area contributed by atoms with Crippen molar-refractivity contribution in [1.29, 1.82) is 0 Å². The van der Waals surface area contributed by atoms with Crippen molar-refractivity contribution in [3.63, 3.8) is 0 Å². The number of rotatable bonds is 2. The molecule has 0 spiro atoms. The molecule has 1 aromatic rings. The smallest absolute Gasteiger partial charge is 0.746 e. The van der Waals surface area contributed by atoms with Gasteiger partial charge in [0.05, 0.1) is 0 Å². The number of hydrogen-bond acceptors (Lipinski definition) is 4. The van der Waals surface area contributed by atoms with Crippen LogP contribution in [0.1, 0.15) is 11.0 Å². The molecule has 0 amide bonds. The van der Waals surface area contributed by atoms with Gasteiger partial charge in [0.2, 0.25) is 0 Å². The standard InChI is InChI=1S/C7H7FO4S.Na/c8-6-3-1-2-5(4-6)7(9)13(10,11)12;/h1-4,7,9H,(H,10,11,12);/q;+1/p-1. The maximum atomic E-state index is 12.5. The Kier molecular flexibility index (Phi) is 5.21. The molecule has 0 fully saturated rings. The second-order valence-electron chi connectivity index (χ2n) is 2.40. The summed E-state index contributed by atoms with van der Waals surface area (Å²) in [6, 6.07) is 4.23. The number of halogens is 1. The Morgan fingerprint density at radius 3 is 2.43 bits per heavy atom. The third kappa shape index (κ3) is 3.64. The molecule has 0 radical (unpaired) electrons. The number of benzene rings is 1. The number of hydrogen-bond donors (Lipinski definition) is 1. The van der Waals surface area contributed by atoms with E-state index in [-0.39, 0.29) is 35.1 Å². The minimum atomic E-state index is -4.83. The molecule has 1 unspecified atom stereocenters. The van der Waals surface area contributed by atoms with Crippen LogP contribution >= 0.6 is 0 Å². The summed E-state index contributed by atoms with van der Waals surface area (Å²) in [4.78, 5) is 0. The molecule has 0 heterocycles. The minimum Gasteiger partial charge on any atom is -0.746 e. The average molecular weight is 228 g/mol. The fourth-order valence-corrected chi connectivity index (χ4v) is 1.31. The summed E-state index contributed by atoms with van der Waals surface area (Å²) >= 11 is 0. The summed E-state index contributed by atoms with van der Waals surface area (Å²) in [6.07, 6.45) is 0. The second kappa shape index (κ2) is 5.20. The van der Waals surface area contributed by atoms with Gasteiger partial charge in [0.1, 0.15) is 15.9 Å². The van der Waals surface area contributed by atoms with E-state index < -0.39 is 21.4 Å². The molecular formula is C7H6FNaO4S. The van der Waals surface area contributed by atoms with Crippen LogP contribution in [0.25, 0.3) is 0 Å². The Bertz CT molecular complexity index is 406. The maximum Gasteiger partial charge on any atom is 1.00 e. The third-order valence-electron chi connectivity index (χ3n) is 1.41. The first kappa shape index (κ1) is 14.0. The molecule has 0 saturated heterocycles. The fourth-order valence-electron chi connectivity index (χ4n) is 0.827. The molecule has 0 aliphatic carbocycles. The zero-order chi connectivity index (χ0) is 10.1. The van der Waals surface area contributed by atoms with Crippen molar-refractivity contribution in [2.75, 3.05) is 0 Å². The van der Waals surface area contributed by atoms with Gasteiger partial charge in [0, 0.05) is 0 Å². The largest absolute Gasteiger partial charge is 1.00 e. The van der Waals surface area contributed by atoms with Crippen LogP contribution in [-0.4, -0.2) is 18.1 Å². The molecule has 0 aliphatic heterocycles. The summed E-state index contributed by atoms with van der Waals surface area (Å²) in [6.45, 7) is 0. The van der Waals surface area contributed by atoms with Crippen LogP contribution in [0.5, 0.6) is 0 Å². The predicted molar refractivity (Wildman–Crippen MR) is 41.1 cm³/mol. The van der Waals surface area contributed by atoms with Gasteiger partial charge in [-0.05, 0) is 17.7 Å². The van der Waals surface area contributed by atoms with Gasteiger partial charge in [-0.1, -0.05) is 12.1 Å². The number of aliphatic hydroxyl groups is 1. The van der Waals surface area contributed by atoms with Crippen LogP contribution in [-0.2, 0) is 10.1 Å². The first-order chi connectivity index (χ1) is 5.91. The Balaban J connectivity index is 0.00000169. The maximum absolute atomic E-state index is 12.5. The van der Waals surface area contributed by atoms with Crippen molar-refractivity contribution in [2.24, 2.45) is 0 Å². The summed E-state index contributed by atoms with van der Waals surface area (Å²) in [7, 11) is -4.83. The average Bonchev–Trinajstić information content (AvgIpc) is 2.01. The van der Waals surface area contributed by atoms with Gasteiger partial charge in [-0.3, -0.25) is 0 Å². The van der Waals surface area contributed by atoms with Crippen LogP contribution in [0, 0.1) is 5.82 Å². The van der Waals surface area contributed by atoms with Gasteiger partial charge in [-0.2, -0.15) is 0 Å². The van der Waals surface area contributed by atoms with E-state index in [0.717, 1.165) is 18.2 Å². The van der Waals surface area contributed by atoms with Crippen LogP contribution in [0.15, 0.2) is 24.3 Å². The first-order valence-corrected chi connectivity index (χ1v) is 4.76. The van der Waals surface area contributed by atoms with E-state index in [1.807, 2.05) is 0 Å². The molecule has 72 valence electrons. The Morgan fingerprint density at radius 2 is 2.00 bits per heavy atom. The molecule has 14 heavy (non-hydrogen) atoms. The summed E-state index contributed by atoms with van der Waals surface area (Å²) in [5, 5.41) is 8.91. The molecule has 1 rings (SSSR count).